The number of nitrogens with one attached hydrogen (secondary N) is 1. The van der Waals surface area contributed by atoms with Crippen LogP contribution in [0.5, 0.6) is 11.5 Å². The third kappa shape index (κ3) is 8.65. The summed E-state index contributed by atoms with van der Waals surface area (Å²) in [5.74, 6) is 3.22. The topological polar surface area (TPSA) is 46.1 Å². The van der Waals surface area contributed by atoms with E-state index in [1.54, 1.807) is 14.2 Å². The van der Waals surface area contributed by atoms with Gasteiger partial charge in [0.25, 0.3) is 0 Å². The molecular formula is C19H34IN3O2. The Bertz CT molecular complexity index is 521. The molecule has 1 rings (SSSR count). The number of halogens is 1. The van der Waals surface area contributed by atoms with Crippen LogP contribution in [0.15, 0.2) is 23.2 Å². The van der Waals surface area contributed by atoms with E-state index in [-0.39, 0.29) is 24.0 Å². The molecule has 0 unspecified atom stereocenters. The summed E-state index contributed by atoms with van der Waals surface area (Å²) in [6.45, 7) is 6.36. The predicted octanol–water partition coefficient (Wildman–Crippen LogP) is 3.81. The fourth-order valence-corrected chi connectivity index (χ4v) is 2.53. The van der Waals surface area contributed by atoms with Gasteiger partial charge in [0.05, 0.1) is 14.2 Å². The summed E-state index contributed by atoms with van der Waals surface area (Å²) in [6.07, 6.45) is 3.32. The van der Waals surface area contributed by atoms with Crippen LogP contribution in [0, 0.1) is 5.92 Å². The minimum atomic E-state index is 0. The van der Waals surface area contributed by atoms with Crippen molar-refractivity contribution in [3.8, 4) is 11.5 Å². The molecule has 0 aromatic heterocycles. The van der Waals surface area contributed by atoms with Gasteiger partial charge in [0.2, 0.25) is 0 Å². The van der Waals surface area contributed by atoms with Crippen molar-refractivity contribution in [2.24, 2.45) is 10.9 Å². The monoisotopic (exact) mass is 463 g/mol. The maximum atomic E-state index is 5.36. The van der Waals surface area contributed by atoms with E-state index >= 15 is 0 Å². The molecule has 1 aromatic carbocycles. The molecular weight excluding hydrogens is 429 g/mol. The van der Waals surface area contributed by atoms with Crippen LogP contribution in [0.1, 0.15) is 32.3 Å². The summed E-state index contributed by atoms with van der Waals surface area (Å²) < 4.78 is 10.6. The Morgan fingerprint density at radius 3 is 2.44 bits per heavy atom. The maximum absolute atomic E-state index is 5.36. The summed E-state index contributed by atoms with van der Waals surface area (Å²) in [5, 5.41) is 3.43. The van der Waals surface area contributed by atoms with Crippen molar-refractivity contribution in [2.75, 3.05) is 41.4 Å². The van der Waals surface area contributed by atoms with Crippen molar-refractivity contribution in [1.29, 1.82) is 0 Å². The number of ether oxygens (including phenoxy) is 2. The molecule has 0 aliphatic carbocycles. The van der Waals surface area contributed by atoms with Crippen molar-refractivity contribution < 1.29 is 9.47 Å². The van der Waals surface area contributed by atoms with Gasteiger partial charge in [-0.05, 0) is 42.9 Å². The van der Waals surface area contributed by atoms with Crippen molar-refractivity contribution in [3.63, 3.8) is 0 Å². The molecule has 0 fully saturated rings. The number of benzene rings is 1. The molecule has 0 spiro atoms. The van der Waals surface area contributed by atoms with Crippen molar-refractivity contribution in [1.82, 2.24) is 10.2 Å². The maximum Gasteiger partial charge on any atom is 0.193 e. The number of guanidine groups is 1. The minimum absolute atomic E-state index is 0. The summed E-state index contributed by atoms with van der Waals surface area (Å²) in [5.41, 5.74) is 1.22. The highest BCUT2D eigenvalue weighted by molar-refractivity contribution is 14.0. The fourth-order valence-electron chi connectivity index (χ4n) is 2.53. The highest BCUT2D eigenvalue weighted by Gasteiger charge is 2.08. The third-order valence-corrected chi connectivity index (χ3v) is 4.00. The minimum Gasteiger partial charge on any atom is -0.493 e. The van der Waals surface area contributed by atoms with Crippen LogP contribution in [-0.4, -0.2) is 52.3 Å². The second-order valence-corrected chi connectivity index (χ2v) is 6.37. The van der Waals surface area contributed by atoms with E-state index in [0.29, 0.717) is 0 Å². The Kier molecular flexibility index (Phi) is 12.5. The van der Waals surface area contributed by atoms with Gasteiger partial charge in [-0.3, -0.25) is 4.99 Å². The van der Waals surface area contributed by atoms with E-state index in [9.17, 15) is 0 Å². The number of methoxy groups -OCH3 is 2. The van der Waals surface area contributed by atoms with Gasteiger partial charge >= 0.3 is 0 Å². The molecule has 1 aromatic rings. The van der Waals surface area contributed by atoms with Crippen LogP contribution in [0.2, 0.25) is 0 Å². The Balaban J connectivity index is 0.00000576. The van der Waals surface area contributed by atoms with Crippen LogP contribution in [0.25, 0.3) is 0 Å². The lowest BCUT2D eigenvalue weighted by Gasteiger charge is -2.22. The van der Waals surface area contributed by atoms with Gasteiger partial charge in [0.15, 0.2) is 17.5 Å². The van der Waals surface area contributed by atoms with Crippen LogP contribution < -0.4 is 14.8 Å². The first-order valence-electron chi connectivity index (χ1n) is 8.64. The number of hydrogen-bond acceptors (Lipinski definition) is 3. The zero-order valence-electron chi connectivity index (χ0n) is 16.5. The molecule has 0 radical (unpaired) electrons. The van der Waals surface area contributed by atoms with Gasteiger partial charge in [-0.25, -0.2) is 0 Å². The van der Waals surface area contributed by atoms with Crippen LogP contribution in [0.4, 0.5) is 0 Å². The molecule has 6 heteroatoms. The van der Waals surface area contributed by atoms with E-state index in [2.05, 4.69) is 42.2 Å². The Morgan fingerprint density at radius 1 is 1.20 bits per heavy atom. The van der Waals surface area contributed by atoms with Crippen LogP contribution >= 0.6 is 24.0 Å². The standard InChI is InChI=1S/C19H33N3O2.HI/c1-15(2)8-7-12-21-19(20-3)22(4)13-11-16-9-10-17(23-5)18(14-16)24-6;/h9-10,14-15H,7-8,11-13H2,1-6H3,(H,20,21);1H. The number of hydrogen-bond donors (Lipinski definition) is 1. The lowest BCUT2D eigenvalue weighted by molar-refractivity contribution is 0.354. The summed E-state index contributed by atoms with van der Waals surface area (Å²) in [4.78, 5) is 6.52. The third-order valence-electron chi connectivity index (χ3n) is 4.00. The van der Waals surface area contributed by atoms with Gasteiger partial charge in [-0.1, -0.05) is 19.9 Å². The largest absolute Gasteiger partial charge is 0.493 e. The zero-order valence-corrected chi connectivity index (χ0v) is 18.8. The van der Waals surface area contributed by atoms with Gasteiger partial charge in [-0.15, -0.1) is 24.0 Å². The summed E-state index contributed by atoms with van der Waals surface area (Å²) in [6, 6.07) is 6.06. The first-order chi connectivity index (χ1) is 11.5. The first-order valence-corrected chi connectivity index (χ1v) is 8.64. The van der Waals surface area contributed by atoms with Crippen molar-refractivity contribution in [2.45, 2.75) is 33.1 Å². The molecule has 0 heterocycles. The Labute approximate surface area is 170 Å². The molecule has 5 nitrogen and oxygen atoms in total. The molecule has 0 aliphatic heterocycles. The highest BCUT2D eigenvalue weighted by atomic mass is 127. The molecule has 0 saturated heterocycles. The molecule has 25 heavy (non-hydrogen) atoms. The zero-order chi connectivity index (χ0) is 17.9. The SMILES string of the molecule is CN=C(NCCCC(C)C)N(C)CCc1ccc(OC)c(OC)c1.I. The average Bonchev–Trinajstić information content (AvgIpc) is 2.59. The van der Waals surface area contributed by atoms with E-state index in [0.717, 1.165) is 42.9 Å². The fraction of sp³-hybridized carbons (Fsp3) is 0.632. The lowest BCUT2D eigenvalue weighted by Crippen LogP contribution is -2.40. The number of aliphatic imine (C=N–C) groups is 1. The summed E-state index contributed by atoms with van der Waals surface area (Å²) >= 11 is 0. The van der Waals surface area contributed by atoms with Gasteiger partial charge < -0.3 is 19.7 Å². The molecule has 1 N–H and O–H groups in total. The van der Waals surface area contributed by atoms with Crippen molar-refractivity contribution in [3.05, 3.63) is 23.8 Å². The number of rotatable bonds is 9. The van der Waals surface area contributed by atoms with Gasteiger partial charge in [0, 0.05) is 27.2 Å². The summed E-state index contributed by atoms with van der Waals surface area (Å²) in [7, 11) is 7.22. The Morgan fingerprint density at radius 2 is 1.88 bits per heavy atom. The normalized spacial score (nSPS) is 11.1. The van der Waals surface area contributed by atoms with E-state index < -0.39 is 0 Å². The van der Waals surface area contributed by atoms with Crippen LogP contribution in [-0.2, 0) is 6.42 Å². The van der Waals surface area contributed by atoms with Gasteiger partial charge in [-0.2, -0.15) is 0 Å². The second-order valence-electron chi connectivity index (χ2n) is 6.37. The molecule has 0 bridgehead atoms. The molecule has 144 valence electrons. The molecule has 0 aliphatic rings. The quantitative estimate of drug-likeness (QED) is 0.262. The highest BCUT2D eigenvalue weighted by Crippen LogP contribution is 2.27. The second kappa shape index (κ2) is 13.1. The molecule has 0 saturated carbocycles. The number of likely N-dealkylation sites (N-methyl/N-ethyl adjacent to an activating group) is 1. The van der Waals surface area contributed by atoms with Gasteiger partial charge in [0.1, 0.15) is 0 Å². The molecule has 0 amide bonds. The number of nitrogens with zero attached hydrogens (tertiary/aromatic N) is 2. The molecule has 0 atom stereocenters. The van der Waals surface area contributed by atoms with Crippen molar-refractivity contribution >= 4 is 29.9 Å². The van der Waals surface area contributed by atoms with E-state index in [4.69, 9.17) is 9.47 Å². The van der Waals surface area contributed by atoms with E-state index in [1.165, 1.54) is 18.4 Å². The Hall–Kier alpha value is -1.18. The smallest absolute Gasteiger partial charge is 0.193 e. The predicted molar refractivity (Wildman–Crippen MR) is 117 cm³/mol. The average molecular weight is 463 g/mol. The van der Waals surface area contributed by atoms with E-state index in [1.807, 2.05) is 19.2 Å². The lowest BCUT2D eigenvalue weighted by atomic mass is 10.1. The first kappa shape index (κ1) is 23.8. The van der Waals surface area contributed by atoms with Crippen LogP contribution in [0.3, 0.4) is 0 Å².